The van der Waals surface area contributed by atoms with E-state index in [0.29, 0.717) is 24.2 Å². The second-order valence-corrected chi connectivity index (χ2v) is 7.11. The number of benzene rings is 1. The monoisotopic (exact) mass is 401 g/mol. The van der Waals surface area contributed by atoms with E-state index in [9.17, 15) is 23.9 Å². The summed E-state index contributed by atoms with van der Waals surface area (Å²) in [6.45, 7) is 2.46. The number of fused-ring (bicyclic) bond motifs is 3. The van der Waals surface area contributed by atoms with E-state index in [4.69, 9.17) is 0 Å². The van der Waals surface area contributed by atoms with Crippen LogP contribution >= 0.6 is 0 Å². The van der Waals surface area contributed by atoms with E-state index in [1.807, 2.05) is 0 Å². The Morgan fingerprint density at radius 2 is 1.97 bits per heavy atom. The molecule has 0 spiro atoms. The van der Waals surface area contributed by atoms with Crippen molar-refractivity contribution in [2.45, 2.75) is 32.9 Å². The fourth-order valence-corrected chi connectivity index (χ4v) is 3.56. The molecule has 1 fully saturated rings. The van der Waals surface area contributed by atoms with Gasteiger partial charge in [-0.1, -0.05) is 12.1 Å². The molecule has 0 radical (unpaired) electrons. The Balaban J connectivity index is 1.63. The molecule has 1 aromatic carbocycles. The summed E-state index contributed by atoms with van der Waals surface area (Å²) < 4.78 is 14.5. The molecule has 0 atom stereocenters. The van der Waals surface area contributed by atoms with Crippen LogP contribution in [0.3, 0.4) is 0 Å². The number of nitrogens with zero attached hydrogens (tertiary/aromatic N) is 4. The van der Waals surface area contributed by atoms with Gasteiger partial charge in [-0.3, -0.25) is 24.0 Å². The van der Waals surface area contributed by atoms with Crippen LogP contribution in [0, 0.1) is 12.7 Å². The van der Waals surface area contributed by atoms with Crippen molar-refractivity contribution >= 4 is 17.8 Å². The number of anilines is 1. The van der Waals surface area contributed by atoms with Crippen molar-refractivity contribution in [3.05, 3.63) is 51.2 Å². The molecule has 2 amide bonds. The SMILES string of the molecule is Cc1cc(CNC(=O)c2nc3n(c(=O)c2O)CC(=O)N2CCCCN32)ccc1F. The lowest BCUT2D eigenvalue weighted by atomic mass is 10.1. The molecule has 9 nitrogen and oxygen atoms in total. The van der Waals surface area contributed by atoms with Gasteiger partial charge >= 0.3 is 0 Å². The summed E-state index contributed by atoms with van der Waals surface area (Å²) in [5.41, 5.74) is -0.130. The Hall–Kier alpha value is -3.43. The summed E-state index contributed by atoms with van der Waals surface area (Å²) in [5.74, 6) is -1.98. The molecule has 4 rings (SSSR count). The maximum Gasteiger partial charge on any atom is 0.298 e. The smallest absolute Gasteiger partial charge is 0.298 e. The third-order valence-corrected chi connectivity index (χ3v) is 5.11. The topological polar surface area (TPSA) is 108 Å². The van der Waals surface area contributed by atoms with Crippen molar-refractivity contribution in [2.24, 2.45) is 0 Å². The first-order valence-electron chi connectivity index (χ1n) is 9.31. The zero-order valence-corrected chi connectivity index (χ0v) is 15.8. The zero-order chi connectivity index (χ0) is 20.7. The molecule has 152 valence electrons. The van der Waals surface area contributed by atoms with E-state index in [-0.39, 0.29) is 30.8 Å². The largest absolute Gasteiger partial charge is 0.501 e. The Morgan fingerprint density at radius 3 is 2.69 bits per heavy atom. The van der Waals surface area contributed by atoms with E-state index in [2.05, 4.69) is 10.3 Å². The molecule has 0 bridgehead atoms. The molecule has 0 saturated carbocycles. The molecule has 2 N–H and O–H groups in total. The van der Waals surface area contributed by atoms with Gasteiger partial charge in [0, 0.05) is 19.6 Å². The summed E-state index contributed by atoms with van der Waals surface area (Å²) in [6, 6.07) is 4.44. The molecule has 10 heteroatoms. The zero-order valence-electron chi connectivity index (χ0n) is 15.8. The Morgan fingerprint density at radius 1 is 1.24 bits per heavy atom. The maximum absolute atomic E-state index is 13.4. The van der Waals surface area contributed by atoms with Gasteiger partial charge in [-0.2, -0.15) is 0 Å². The normalized spacial score (nSPS) is 15.7. The van der Waals surface area contributed by atoms with Gasteiger partial charge in [0.1, 0.15) is 12.4 Å². The van der Waals surface area contributed by atoms with Crippen LogP contribution in [0.4, 0.5) is 10.3 Å². The molecule has 29 heavy (non-hydrogen) atoms. The van der Waals surface area contributed by atoms with Gasteiger partial charge in [0.15, 0.2) is 5.69 Å². The minimum absolute atomic E-state index is 0.0772. The van der Waals surface area contributed by atoms with E-state index in [0.717, 1.165) is 17.4 Å². The van der Waals surface area contributed by atoms with Crippen LogP contribution in [-0.4, -0.2) is 44.6 Å². The summed E-state index contributed by atoms with van der Waals surface area (Å²) in [4.78, 5) is 41.7. The van der Waals surface area contributed by atoms with Crippen molar-refractivity contribution < 1.29 is 19.1 Å². The number of rotatable bonds is 3. The number of halogens is 1. The van der Waals surface area contributed by atoms with Crippen LogP contribution in [0.5, 0.6) is 5.75 Å². The number of aryl methyl sites for hydroxylation is 1. The summed E-state index contributed by atoms with van der Waals surface area (Å²) in [7, 11) is 0. The van der Waals surface area contributed by atoms with Crippen molar-refractivity contribution in [1.82, 2.24) is 19.9 Å². The number of hydrogen-bond acceptors (Lipinski definition) is 6. The molecule has 1 saturated heterocycles. The van der Waals surface area contributed by atoms with Gasteiger partial charge in [-0.05, 0) is 37.0 Å². The van der Waals surface area contributed by atoms with Gasteiger partial charge in [-0.25, -0.2) is 14.4 Å². The Labute approximate surface area is 165 Å². The predicted octanol–water partition coefficient (Wildman–Crippen LogP) is 0.684. The molecule has 2 aliphatic rings. The molecular weight excluding hydrogens is 381 g/mol. The van der Waals surface area contributed by atoms with E-state index in [1.165, 1.54) is 17.1 Å². The van der Waals surface area contributed by atoms with Crippen molar-refractivity contribution in [3.63, 3.8) is 0 Å². The molecule has 2 aliphatic heterocycles. The van der Waals surface area contributed by atoms with E-state index < -0.39 is 22.9 Å². The van der Waals surface area contributed by atoms with Crippen LogP contribution in [-0.2, 0) is 17.9 Å². The fraction of sp³-hybridized carbons (Fsp3) is 0.368. The van der Waals surface area contributed by atoms with Gasteiger partial charge in [-0.15, -0.1) is 0 Å². The highest BCUT2D eigenvalue weighted by Crippen LogP contribution is 2.25. The highest BCUT2D eigenvalue weighted by Gasteiger charge is 2.35. The summed E-state index contributed by atoms with van der Waals surface area (Å²) >= 11 is 0. The van der Waals surface area contributed by atoms with Gasteiger partial charge in [0.05, 0.1) is 0 Å². The first-order valence-corrected chi connectivity index (χ1v) is 9.31. The fourth-order valence-electron chi connectivity index (χ4n) is 3.56. The predicted molar refractivity (Wildman–Crippen MR) is 101 cm³/mol. The molecule has 2 aromatic rings. The highest BCUT2D eigenvalue weighted by molar-refractivity contribution is 5.95. The van der Waals surface area contributed by atoms with E-state index in [1.54, 1.807) is 18.0 Å². The van der Waals surface area contributed by atoms with Crippen molar-refractivity contribution in [2.75, 3.05) is 18.1 Å². The van der Waals surface area contributed by atoms with Gasteiger partial charge < -0.3 is 10.4 Å². The van der Waals surface area contributed by atoms with Crippen LogP contribution < -0.4 is 15.9 Å². The number of aromatic nitrogens is 2. The van der Waals surface area contributed by atoms with E-state index >= 15 is 0 Å². The number of aromatic hydroxyl groups is 1. The Bertz CT molecular complexity index is 1070. The Kier molecular flexibility index (Phi) is 4.69. The summed E-state index contributed by atoms with van der Waals surface area (Å²) in [5, 5.41) is 15.9. The standard InChI is InChI=1S/C19H20FN5O4/c1-11-8-12(4-5-13(11)20)9-21-17(28)15-16(27)18(29)23-10-14(26)24-6-2-3-7-25(24)19(23)22-15/h4-5,8,27H,2-3,6-7,9-10H2,1H3,(H,21,28). The number of carbonyl (C=O) groups excluding carboxylic acids is 2. The average Bonchev–Trinajstić information content (AvgIpc) is 2.72. The van der Waals surface area contributed by atoms with Crippen LogP contribution in [0.2, 0.25) is 0 Å². The molecule has 3 heterocycles. The minimum atomic E-state index is -0.837. The minimum Gasteiger partial charge on any atom is -0.501 e. The quantitative estimate of drug-likeness (QED) is 0.783. The number of hydrazine groups is 1. The van der Waals surface area contributed by atoms with Crippen LogP contribution in [0.15, 0.2) is 23.0 Å². The third kappa shape index (κ3) is 3.30. The number of carbonyl (C=O) groups is 2. The second kappa shape index (κ2) is 7.19. The molecular formula is C19H20FN5O4. The second-order valence-electron chi connectivity index (χ2n) is 7.11. The maximum atomic E-state index is 13.4. The van der Waals surface area contributed by atoms with Gasteiger partial charge in [0.2, 0.25) is 11.7 Å². The lowest BCUT2D eigenvalue weighted by Gasteiger charge is -2.43. The first kappa shape index (κ1) is 18.9. The van der Waals surface area contributed by atoms with Crippen molar-refractivity contribution in [3.8, 4) is 5.75 Å². The number of nitrogens with one attached hydrogen (secondary N) is 1. The lowest BCUT2D eigenvalue weighted by molar-refractivity contribution is -0.134. The third-order valence-electron chi connectivity index (χ3n) is 5.11. The molecule has 0 unspecified atom stereocenters. The average molecular weight is 401 g/mol. The van der Waals surface area contributed by atoms with Gasteiger partial charge in [0.25, 0.3) is 17.4 Å². The summed E-state index contributed by atoms with van der Waals surface area (Å²) in [6.07, 6.45) is 1.65. The number of amides is 2. The van der Waals surface area contributed by atoms with Crippen molar-refractivity contribution in [1.29, 1.82) is 0 Å². The first-order chi connectivity index (χ1) is 13.9. The molecule has 0 aliphatic carbocycles. The van der Waals surface area contributed by atoms with Crippen LogP contribution in [0.25, 0.3) is 0 Å². The lowest BCUT2D eigenvalue weighted by Crippen LogP contribution is -2.58. The number of hydrogen-bond donors (Lipinski definition) is 2. The highest BCUT2D eigenvalue weighted by atomic mass is 19.1. The van der Waals surface area contributed by atoms with Crippen LogP contribution in [0.1, 0.15) is 34.5 Å². The molecule has 1 aromatic heterocycles.